The Morgan fingerprint density at radius 3 is 2.50 bits per heavy atom. The van der Waals surface area contributed by atoms with Crippen molar-refractivity contribution >= 4 is 38.4 Å². The van der Waals surface area contributed by atoms with Crippen LogP contribution in [0.4, 0.5) is 5.69 Å². The van der Waals surface area contributed by atoms with E-state index in [-0.39, 0.29) is 17.3 Å². The molecule has 0 saturated heterocycles. The highest BCUT2D eigenvalue weighted by molar-refractivity contribution is 7.89. The summed E-state index contributed by atoms with van der Waals surface area (Å²) >= 11 is 0. The molecule has 9 heteroatoms. The second-order valence-corrected chi connectivity index (χ2v) is 8.90. The van der Waals surface area contributed by atoms with Gasteiger partial charge in [0.2, 0.25) is 15.9 Å². The number of sulfonamides is 1. The first kappa shape index (κ1) is 21.4. The summed E-state index contributed by atoms with van der Waals surface area (Å²) in [5, 5.41) is 15.9. The number of primary sulfonamides is 1. The Morgan fingerprint density at radius 1 is 1.09 bits per heavy atom. The Labute approximate surface area is 185 Å². The lowest BCUT2D eigenvalue weighted by Crippen LogP contribution is -2.18. The van der Waals surface area contributed by atoms with Crippen molar-refractivity contribution in [2.24, 2.45) is 5.14 Å². The van der Waals surface area contributed by atoms with E-state index in [9.17, 15) is 13.2 Å². The molecule has 8 nitrogen and oxygen atoms in total. The molecule has 0 aliphatic carbocycles. The van der Waals surface area contributed by atoms with Gasteiger partial charge in [-0.25, -0.2) is 18.5 Å². The van der Waals surface area contributed by atoms with Gasteiger partial charge < -0.3 is 15.3 Å². The highest BCUT2D eigenvalue weighted by Gasteiger charge is 2.15. The molecule has 0 aliphatic heterocycles. The van der Waals surface area contributed by atoms with Gasteiger partial charge in [0.1, 0.15) is 6.54 Å². The number of imidazole rings is 1. The third-order valence-corrected chi connectivity index (χ3v) is 6.01. The molecule has 4 N–H and O–H groups in total. The van der Waals surface area contributed by atoms with Crippen molar-refractivity contribution in [2.75, 3.05) is 5.32 Å². The Morgan fingerprint density at radius 2 is 1.81 bits per heavy atom. The van der Waals surface area contributed by atoms with Gasteiger partial charge in [-0.05, 0) is 48.4 Å². The topological polar surface area (TPSA) is 131 Å². The first-order valence-electron chi connectivity index (χ1n) is 9.75. The van der Waals surface area contributed by atoms with Crippen LogP contribution in [0.5, 0.6) is 0 Å². The Kier molecular flexibility index (Phi) is 5.60. The number of anilines is 1. The van der Waals surface area contributed by atoms with Gasteiger partial charge in [-0.15, -0.1) is 0 Å². The molecule has 1 heterocycles. The molecule has 0 aliphatic rings. The quantitative estimate of drug-likeness (QED) is 0.391. The van der Waals surface area contributed by atoms with E-state index in [1.54, 1.807) is 60.3 Å². The number of benzene rings is 3. The molecular weight excluding hydrogens is 426 g/mol. The summed E-state index contributed by atoms with van der Waals surface area (Å²) in [7, 11) is -3.86. The number of nitrogens with two attached hydrogens (primary N) is 1. The molecule has 1 amide bonds. The van der Waals surface area contributed by atoms with Crippen LogP contribution < -0.4 is 10.5 Å². The first-order chi connectivity index (χ1) is 15.2. The number of rotatable bonds is 6. The summed E-state index contributed by atoms with van der Waals surface area (Å²) in [4.78, 5) is 16.9. The van der Waals surface area contributed by atoms with E-state index < -0.39 is 10.0 Å². The van der Waals surface area contributed by atoms with Crippen molar-refractivity contribution in [2.45, 2.75) is 18.4 Å². The predicted octanol–water partition coefficient (Wildman–Crippen LogP) is 3.38. The molecule has 0 unspecified atom stereocenters. The molecule has 0 radical (unpaired) electrons. The van der Waals surface area contributed by atoms with Gasteiger partial charge in [-0.3, -0.25) is 4.79 Å². The number of nitrogens with zero attached hydrogens (tertiary/aromatic N) is 2. The molecule has 0 fully saturated rings. The lowest BCUT2D eigenvalue weighted by atomic mass is 10.1. The molecular formula is C23H21N5O3S. The van der Waals surface area contributed by atoms with Gasteiger partial charge in [0, 0.05) is 17.0 Å². The van der Waals surface area contributed by atoms with Gasteiger partial charge in [-0.1, -0.05) is 36.4 Å². The fourth-order valence-electron chi connectivity index (χ4n) is 3.46. The van der Waals surface area contributed by atoms with Crippen molar-refractivity contribution < 1.29 is 13.2 Å². The Bertz CT molecular complexity index is 1440. The minimum atomic E-state index is -3.86. The van der Waals surface area contributed by atoms with Crippen LogP contribution in [0.1, 0.15) is 12.5 Å². The minimum absolute atomic E-state index is 0.0464. The van der Waals surface area contributed by atoms with Gasteiger partial charge in [-0.2, -0.15) is 0 Å². The summed E-state index contributed by atoms with van der Waals surface area (Å²) in [6, 6.07) is 18.9. The SMILES string of the molecule is CC(=N)c1ccc2c(c1)ncn2CC(=O)Nc1ccc(-c2ccccc2S(N)(=O)=O)cc1. The zero-order valence-corrected chi connectivity index (χ0v) is 18.1. The van der Waals surface area contributed by atoms with E-state index >= 15 is 0 Å². The van der Waals surface area contributed by atoms with Gasteiger partial charge >= 0.3 is 0 Å². The summed E-state index contributed by atoms with van der Waals surface area (Å²) < 4.78 is 25.4. The maximum absolute atomic E-state index is 12.5. The largest absolute Gasteiger partial charge is 0.325 e. The summed E-state index contributed by atoms with van der Waals surface area (Å²) in [5.74, 6) is -0.228. The van der Waals surface area contributed by atoms with Crippen LogP contribution in [0.25, 0.3) is 22.2 Å². The van der Waals surface area contributed by atoms with E-state index in [2.05, 4.69) is 10.3 Å². The van der Waals surface area contributed by atoms with E-state index in [4.69, 9.17) is 10.5 Å². The van der Waals surface area contributed by atoms with Gasteiger partial charge in [0.05, 0.1) is 22.3 Å². The highest BCUT2D eigenvalue weighted by Crippen LogP contribution is 2.27. The minimum Gasteiger partial charge on any atom is -0.325 e. The molecule has 0 atom stereocenters. The molecule has 162 valence electrons. The molecule has 4 aromatic rings. The summed E-state index contributed by atoms with van der Waals surface area (Å²) in [6.45, 7) is 1.79. The molecule has 32 heavy (non-hydrogen) atoms. The molecule has 1 aromatic heterocycles. The van der Waals surface area contributed by atoms with Crippen molar-refractivity contribution in [1.82, 2.24) is 9.55 Å². The lowest BCUT2D eigenvalue weighted by Gasteiger charge is -2.10. The van der Waals surface area contributed by atoms with Crippen LogP contribution in [0.2, 0.25) is 0 Å². The normalized spacial score (nSPS) is 11.4. The van der Waals surface area contributed by atoms with E-state index in [0.29, 0.717) is 22.5 Å². The van der Waals surface area contributed by atoms with Crippen molar-refractivity contribution in [3.8, 4) is 11.1 Å². The molecule has 0 saturated carbocycles. The first-order valence-corrected chi connectivity index (χ1v) is 11.3. The third-order valence-electron chi connectivity index (χ3n) is 5.04. The van der Waals surface area contributed by atoms with Gasteiger partial charge in [0.15, 0.2) is 0 Å². The summed E-state index contributed by atoms with van der Waals surface area (Å²) in [6.07, 6.45) is 1.60. The fraction of sp³-hybridized carbons (Fsp3) is 0.0870. The maximum Gasteiger partial charge on any atom is 0.244 e. The fourth-order valence-corrected chi connectivity index (χ4v) is 4.23. The number of fused-ring (bicyclic) bond motifs is 1. The highest BCUT2D eigenvalue weighted by atomic mass is 32.2. The van der Waals surface area contributed by atoms with E-state index in [1.165, 1.54) is 6.07 Å². The molecule has 4 rings (SSSR count). The molecule has 3 aromatic carbocycles. The maximum atomic E-state index is 12.5. The number of carbonyl (C=O) groups excluding carboxylic acids is 1. The molecule has 0 bridgehead atoms. The van der Waals surface area contributed by atoms with Crippen LogP contribution in [-0.2, 0) is 21.4 Å². The van der Waals surface area contributed by atoms with Crippen LogP contribution >= 0.6 is 0 Å². The number of hydrogen-bond donors (Lipinski definition) is 3. The number of carbonyl (C=O) groups is 1. The Hall–Kier alpha value is -3.82. The summed E-state index contributed by atoms with van der Waals surface area (Å²) in [5.41, 5.74) is 4.52. The van der Waals surface area contributed by atoms with E-state index in [1.807, 2.05) is 18.2 Å². The second kappa shape index (κ2) is 8.37. The van der Waals surface area contributed by atoms with Gasteiger partial charge in [0.25, 0.3) is 0 Å². The zero-order chi connectivity index (χ0) is 22.9. The average molecular weight is 448 g/mol. The van der Waals surface area contributed by atoms with Crippen LogP contribution in [-0.4, -0.2) is 29.6 Å². The second-order valence-electron chi connectivity index (χ2n) is 7.37. The standard InChI is InChI=1S/C23H21N5O3S/c1-15(24)17-8-11-21-20(12-17)26-14-28(21)13-23(29)27-18-9-6-16(7-10-18)19-4-2-3-5-22(19)32(25,30)31/h2-12,14,24H,13H2,1H3,(H,27,29)(H2,25,30,31). The van der Waals surface area contributed by atoms with Crippen molar-refractivity contribution in [3.05, 3.63) is 78.6 Å². The monoisotopic (exact) mass is 447 g/mol. The third kappa shape index (κ3) is 4.43. The number of aromatic nitrogens is 2. The van der Waals surface area contributed by atoms with Crippen molar-refractivity contribution in [3.63, 3.8) is 0 Å². The van der Waals surface area contributed by atoms with Crippen LogP contribution in [0, 0.1) is 5.41 Å². The number of amides is 1. The molecule has 0 spiro atoms. The number of nitrogens with one attached hydrogen (secondary N) is 2. The van der Waals surface area contributed by atoms with Crippen LogP contribution in [0.3, 0.4) is 0 Å². The number of hydrogen-bond acceptors (Lipinski definition) is 5. The van der Waals surface area contributed by atoms with E-state index in [0.717, 1.165) is 16.6 Å². The van der Waals surface area contributed by atoms with Crippen molar-refractivity contribution in [1.29, 1.82) is 5.41 Å². The Balaban J connectivity index is 1.50. The average Bonchev–Trinajstić information content (AvgIpc) is 3.15. The zero-order valence-electron chi connectivity index (χ0n) is 17.2. The predicted molar refractivity (Wildman–Crippen MR) is 124 cm³/mol. The van der Waals surface area contributed by atoms with Crippen LogP contribution in [0.15, 0.2) is 78.0 Å². The lowest BCUT2D eigenvalue weighted by molar-refractivity contribution is -0.116. The smallest absolute Gasteiger partial charge is 0.244 e.